The van der Waals surface area contributed by atoms with Crippen LogP contribution in [-0.4, -0.2) is 16.3 Å². The third kappa shape index (κ3) is 2.49. The van der Waals surface area contributed by atoms with Crippen LogP contribution in [0.4, 0.5) is 0 Å². The summed E-state index contributed by atoms with van der Waals surface area (Å²) in [6.07, 6.45) is 0. The average Bonchev–Trinajstić information content (AvgIpc) is 2.31. The molecular weight excluding hydrogens is 196 g/mol. The summed E-state index contributed by atoms with van der Waals surface area (Å²) in [5.41, 5.74) is -0.244. The van der Waals surface area contributed by atoms with Crippen molar-refractivity contribution in [3.8, 4) is 5.06 Å². The molecule has 14 heavy (non-hydrogen) atoms. The van der Waals surface area contributed by atoms with Gasteiger partial charge in [0.25, 0.3) is 0 Å². The van der Waals surface area contributed by atoms with Crippen molar-refractivity contribution >= 4 is 11.3 Å². The van der Waals surface area contributed by atoms with Gasteiger partial charge in [-0.15, -0.1) is 11.3 Å². The molecular formula is C11H18O2S. The molecule has 0 saturated heterocycles. The molecule has 2 nitrogen and oxygen atoms in total. The van der Waals surface area contributed by atoms with Crippen LogP contribution in [0.15, 0.2) is 11.4 Å². The highest BCUT2D eigenvalue weighted by molar-refractivity contribution is 7.12. The summed E-state index contributed by atoms with van der Waals surface area (Å²) in [6.45, 7) is 9.32. The molecule has 0 saturated carbocycles. The van der Waals surface area contributed by atoms with E-state index in [0.29, 0.717) is 0 Å². The maximum Gasteiger partial charge on any atom is 0.174 e. The summed E-state index contributed by atoms with van der Waals surface area (Å²) < 4.78 is 5.76. The van der Waals surface area contributed by atoms with Crippen LogP contribution in [0, 0.1) is 6.92 Å². The van der Waals surface area contributed by atoms with Gasteiger partial charge in [0.15, 0.2) is 5.06 Å². The fourth-order valence-electron chi connectivity index (χ4n) is 0.835. The number of thiophene rings is 1. The number of ether oxygens (including phenoxy) is 1. The van der Waals surface area contributed by atoms with Crippen molar-refractivity contribution in [2.45, 2.75) is 45.8 Å². The summed E-state index contributed by atoms with van der Waals surface area (Å²) in [4.78, 5) is 0. The number of hydrogen-bond donors (Lipinski definition) is 1. The maximum atomic E-state index is 9.89. The Kier molecular flexibility index (Phi) is 2.93. The standard InChI is InChI=1S/C11H18O2S/c1-8-6-9(14-7-8)13-11(4,5)10(2,3)12/h6-7,12H,1-5H3. The summed E-state index contributed by atoms with van der Waals surface area (Å²) in [7, 11) is 0. The van der Waals surface area contributed by atoms with E-state index in [9.17, 15) is 5.11 Å². The van der Waals surface area contributed by atoms with Gasteiger partial charge in [-0.05, 0) is 51.6 Å². The predicted molar refractivity (Wildman–Crippen MR) is 60.1 cm³/mol. The summed E-state index contributed by atoms with van der Waals surface area (Å²) in [6, 6.07) is 1.98. The molecule has 0 bridgehead atoms. The van der Waals surface area contributed by atoms with Crippen molar-refractivity contribution in [3.05, 3.63) is 17.0 Å². The highest BCUT2D eigenvalue weighted by Gasteiger charge is 2.37. The minimum Gasteiger partial charge on any atom is -0.475 e. The van der Waals surface area contributed by atoms with Crippen LogP contribution in [0.25, 0.3) is 0 Å². The molecule has 0 aliphatic rings. The molecule has 1 N–H and O–H groups in total. The van der Waals surface area contributed by atoms with Gasteiger partial charge in [0.05, 0.1) is 5.60 Å². The zero-order valence-electron chi connectivity index (χ0n) is 9.42. The minimum absolute atomic E-state index is 0.579. The number of aliphatic hydroxyl groups is 1. The minimum atomic E-state index is -0.856. The third-order valence-corrected chi connectivity index (χ3v) is 3.46. The van der Waals surface area contributed by atoms with Gasteiger partial charge in [-0.1, -0.05) is 0 Å². The van der Waals surface area contributed by atoms with E-state index < -0.39 is 11.2 Å². The number of aryl methyl sites for hydroxylation is 1. The van der Waals surface area contributed by atoms with Gasteiger partial charge < -0.3 is 9.84 Å². The van der Waals surface area contributed by atoms with E-state index in [0.717, 1.165) is 5.06 Å². The zero-order valence-corrected chi connectivity index (χ0v) is 10.2. The summed E-state index contributed by atoms with van der Waals surface area (Å²) in [5, 5.41) is 12.8. The number of rotatable bonds is 3. The highest BCUT2D eigenvalue weighted by atomic mass is 32.1. The molecule has 1 aromatic heterocycles. The van der Waals surface area contributed by atoms with Crippen molar-refractivity contribution in [3.63, 3.8) is 0 Å². The Labute approximate surface area is 89.5 Å². The van der Waals surface area contributed by atoms with Crippen molar-refractivity contribution in [1.82, 2.24) is 0 Å². The van der Waals surface area contributed by atoms with Crippen molar-refractivity contribution in [1.29, 1.82) is 0 Å². The smallest absolute Gasteiger partial charge is 0.174 e. The molecule has 0 fully saturated rings. The molecule has 0 atom stereocenters. The lowest BCUT2D eigenvalue weighted by molar-refractivity contribution is -0.0889. The first-order valence-electron chi connectivity index (χ1n) is 4.69. The van der Waals surface area contributed by atoms with Gasteiger partial charge in [-0.2, -0.15) is 0 Å². The van der Waals surface area contributed by atoms with Gasteiger partial charge in [-0.3, -0.25) is 0 Å². The first-order valence-corrected chi connectivity index (χ1v) is 5.57. The van der Waals surface area contributed by atoms with E-state index >= 15 is 0 Å². The number of hydrogen-bond acceptors (Lipinski definition) is 3. The predicted octanol–water partition coefficient (Wildman–Crippen LogP) is 2.98. The molecule has 0 aliphatic carbocycles. The molecule has 0 amide bonds. The lowest BCUT2D eigenvalue weighted by Gasteiger charge is -2.36. The third-order valence-electron chi connectivity index (χ3n) is 2.54. The van der Waals surface area contributed by atoms with Crippen LogP contribution in [-0.2, 0) is 0 Å². The molecule has 80 valence electrons. The van der Waals surface area contributed by atoms with Crippen LogP contribution < -0.4 is 4.74 Å². The van der Waals surface area contributed by atoms with Crippen LogP contribution in [0.3, 0.4) is 0 Å². The largest absolute Gasteiger partial charge is 0.475 e. The van der Waals surface area contributed by atoms with Crippen LogP contribution >= 0.6 is 11.3 Å². The van der Waals surface area contributed by atoms with Crippen molar-refractivity contribution in [2.75, 3.05) is 0 Å². The Morgan fingerprint density at radius 1 is 1.29 bits per heavy atom. The Bertz CT molecular complexity index is 307. The normalized spacial score (nSPS) is 13.0. The molecule has 1 rings (SSSR count). The Hall–Kier alpha value is -0.540. The van der Waals surface area contributed by atoms with Gasteiger partial charge in [-0.25, -0.2) is 0 Å². The Balaban J connectivity index is 2.78. The summed E-state index contributed by atoms with van der Waals surface area (Å²) in [5.74, 6) is 0. The lowest BCUT2D eigenvalue weighted by atomic mass is 9.89. The molecule has 0 unspecified atom stereocenters. The average molecular weight is 214 g/mol. The topological polar surface area (TPSA) is 29.5 Å². The highest BCUT2D eigenvalue weighted by Crippen LogP contribution is 2.31. The van der Waals surface area contributed by atoms with Crippen LogP contribution in [0.1, 0.15) is 33.3 Å². The SMILES string of the molecule is Cc1csc(OC(C)(C)C(C)(C)O)c1. The summed E-state index contributed by atoms with van der Waals surface area (Å²) >= 11 is 1.56. The van der Waals surface area contributed by atoms with Crippen LogP contribution in [0.2, 0.25) is 0 Å². The van der Waals surface area contributed by atoms with E-state index in [1.165, 1.54) is 5.56 Å². The van der Waals surface area contributed by atoms with Gasteiger partial charge >= 0.3 is 0 Å². The fraction of sp³-hybridized carbons (Fsp3) is 0.636. The fourth-order valence-corrected chi connectivity index (χ4v) is 1.72. The van der Waals surface area contributed by atoms with E-state index in [-0.39, 0.29) is 0 Å². The molecule has 0 spiro atoms. The Morgan fingerprint density at radius 3 is 2.21 bits per heavy atom. The molecule has 1 heterocycles. The van der Waals surface area contributed by atoms with Gasteiger partial charge in [0.2, 0.25) is 0 Å². The zero-order chi connectivity index (χ0) is 11.0. The molecule has 0 aliphatic heterocycles. The second kappa shape index (κ2) is 3.55. The van der Waals surface area contributed by atoms with Gasteiger partial charge in [0.1, 0.15) is 5.60 Å². The van der Waals surface area contributed by atoms with E-state index in [4.69, 9.17) is 4.74 Å². The van der Waals surface area contributed by atoms with Crippen molar-refractivity contribution in [2.24, 2.45) is 0 Å². The van der Waals surface area contributed by atoms with Crippen LogP contribution in [0.5, 0.6) is 5.06 Å². The lowest BCUT2D eigenvalue weighted by Crippen LogP contribution is -2.49. The quantitative estimate of drug-likeness (QED) is 0.838. The molecule has 3 heteroatoms. The first-order chi connectivity index (χ1) is 6.22. The second-order valence-electron chi connectivity index (χ2n) is 4.61. The maximum absolute atomic E-state index is 9.89. The first kappa shape index (κ1) is 11.5. The second-order valence-corrected chi connectivity index (χ2v) is 5.49. The van der Waals surface area contributed by atoms with E-state index in [1.807, 2.05) is 32.2 Å². The van der Waals surface area contributed by atoms with Crippen molar-refractivity contribution < 1.29 is 9.84 Å². The van der Waals surface area contributed by atoms with Gasteiger partial charge in [0, 0.05) is 0 Å². The monoisotopic (exact) mass is 214 g/mol. The Morgan fingerprint density at radius 2 is 1.86 bits per heavy atom. The van der Waals surface area contributed by atoms with E-state index in [1.54, 1.807) is 25.2 Å². The van der Waals surface area contributed by atoms with E-state index in [2.05, 4.69) is 0 Å². The molecule has 1 aromatic rings. The molecule has 0 aromatic carbocycles. The molecule has 0 radical (unpaired) electrons.